The number of benzene rings is 2. The topological polar surface area (TPSA) is 83.1 Å². The Kier molecular flexibility index (Phi) is 6.91. The van der Waals surface area contributed by atoms with Crippen molar-refractivity contribution in [2.45, 2.75) is 26.2 Å². The van der Waals surface area contributed by atoms with Crippen molar-refractivity contribution >= 4 is 39.8 Å². The van der Waals surface area contributed by atoms with E-state index in [1.165, 1.54) is 29.8 Å². The number of aromatic nitrogens is 1. The van der Waals surface area contributed by atoms with Crippen molar-refractivity contribution in [3.8, 4) is 0 Å². The van der Waals surface area contributed by atoms with Gasteiger partial charge < -0.3 is 10.6 Å². The van der Waals surface area contributed by atoms with E-state index in [4.69, 9.17) is 0 Å². The molecule has 6 nitrogen and oxygen atoms in total. The summed E-state index contributed by atoms with van der Waals surface area (Å²) in [6.07, 6.45) is 3.29. The van der Waals surface area contributed by atoms with E-state index >= 15 is 0 Å². The van der Waals surface area contributed by atoms with Gasteiger partial charge in [0, 0.05) is 16.8 Å². The number of nitrogens with one attached hydrogen (secondary N) is 3. The second kappa shape index (κ2) is 9.79. The third-order valence-corrected chi connectivity index (χ3v) is 4.85. The molecule has 3 rings (SSSR count). The summed E-state index contributed by atoms with van der Waals surface area (Å²) in [5.41, 5.74) is 2.58. The molecule has 0 saturated carbocycles. The molecule has 2 aromatic carbocycles. The fraction of sp³-hybridized carbons (Fsp3) is 0.190. The van der Waals surface area contributed by atoms with Crippen LogP contribution in [0.1, 0.15) is 35.8 Å². The lowest BCUT2D eigenvalue weighted by Crippen LogP contribution is -2.19. The van der Waals surface area contributed by atoms with Crippen LogP contribution < -0.4 is 16.0 Å². The van der Waals surface area contributed by atoms with Gasteiger partial charge in [-0.1, -0.05) is 25.5 Å². The van der Waals surface area contributed by atoms with Crippen molar-refractivity contribution in [2.24, 2.45) is 0 Å². The van der Waals surface area contributed by atoms with Crippen LogP contribution in [0.2, 0.25) is 0 Å². The van der Waals surface area contributed by atoms with Crippen molar-refractivity contribution in [3.05, 3.63) is 71.0 Å². The van der Waals surface area contributed by atoms with Crippen molar-refractivity contribution in [1.82, 2.24) is 4.98 Å². The van der Waals surface area contributed by atoms with Crippen LogP contribution in [-0.4, -0.2) is 16.9 Å². The number of halogens is 1. The van der Waals surface area contributed by atoms with Crippen LogP contribution >= 0.6 is 11.3 Å². The van der Waals surface area contributed by atoms with Gasteiger partial charge in [0.05, 0.1) is 0 Å². The van der Waals surface area contributed by atoms with E-state index < -0.39 is 6.03 Å². The molecule has 0 unspecified atom stereocenters. The van der Waals surface area contributed by atoms with Gasteiger partial charge in [-0.3, -0.25) is 10.1 Å². The lowest BCUT2D eigenvalue weighted by atomic mass is 10.1. The molecule has 3 N–H and O–H groups in total. The summed E-state index contributed by atoms with van der Waals surface area (Å²) < 4.78 is 12.9. The third-order valence-electron chi connectivity index (χ3n) is 4.09. The monoisotopic (exact) mass is 412 g/mol. The first kappa shape index (κ1) is 20.5. The predicted octanol–water partition coefficient (Wildman–Crippen LogP) is 5.52. The number of hydrogen-bond acceptors (Lipinski definition) is 4. The number of thiazole rings is 1. The molecule has 0 aliphatic carbocycles. The molecule has 1 aromatic heterocycles. The Morgan fingerprint density at radius 3 is 2.31 bits per heavy atom. The molecule has 0 spiro atoms. The first-order valence-corrected chi connectivity index (χ1v) is 10.1. The second-order valence-corrected chi connectivity index (χ2v) is 7.24. The molecule has 0 radical (unpaired) electrons. The molecule has 150 valence electrons. The van der Waals surface area contributed by atoms with E-state index in [2.05, 4.69) is 27.9 Å². The number of hydrogen-bond donors (Lipinski definition) is 3. The van der Waals surface area contributed by atoms with E-state index in [-0.39, 0.29) is 22.5 Å². The van der Waals surface area contributed by atoms with Crippen molar-refractivity contribution in [3.63, 3.8) is 0 Å². The fourth-order valence-corrected chi connectivity index (χ4v) is 3.24. The fourth-order valence-electron chi connectivity index (χ4n) is 2.56. The molecule has 0 aliphatic heterocycles. The second-order valence-electron chi connectivity index (χ2n) is 6.38. The number of carbonyl (C=O) groups is 2. The largest absolute Gasteiger partial charge is 0.325 e. The molecule has 0 fully saturated rings. The van der Waals surface area contributed by atoms with Crippen molar-refractivity contribution in [2.75, 3.05) is 16.0 Å². The molecular formula is C21H21FN4O2S. The lowest BCUT2D eigenvalue weighted by Gasteiger charge is -2.06. The van der Waals surface area contributed by atoms with Crippen LogP contribution in [-0.2, 0) is 6.42 Å². The molecule has 29 heavy (non-hydrogen) atoms. The van der Waals surface area contributed by atoms with Crippen LogP contribution in [0.3, 0.4) is 0 Å². The van der Waals surface area contributed by atoms with E-state index in [1.807, 2.05) is 24.3 Å². The molecule has 3 amide bonds. The number of rotatable bonds is 7. The molecule has 0 bridgehead atoms. The Bertz CT molecular complexity index is 971. The molecule has 0 saturated heterocycles. The molecule has 0 aliphatic rings. The molecular weight excluding hydrogens is 391 g/mol. The van der Waals surface area contributed by atoms with Gasteiger partial charge in [0.1, 0.15) is 11.5 Å². The summed E-state index contributed by atoms with van der Waals surface area (Å²) in [7, 11) is 0. The highest BCUT2D eigenvalue weighted by Crippen LogP contribution is 2.18. The summed E-state index contributed by atoms with van der Waals surface area (Å²) in [4.78, 5) is 28.5. The minimum Gasteiger partial charge on any atom is -0.321 e. The van der Waals surface area contributed by atoms with Gasteiger partial charge in [-0.25, -0.2) is 14.2 Å². The Hall–Kier alpha value is -3.26. The van der Waals surface area contributed by atoms with E-state index in [1.54, 1.807) is 5.38 Å². The zero-order valence-corrected chi connectivity index (χ0v) is 16.7. The summed E-state index contributed by atoms with van der Waals surface area (Å²) in [5, 5.41) is 9.76. The third kappa shape index (κ3) is 6.11. The number of carbonyl (C=O) groups excluding carboxylic acids is 2. The Labute approximate surface area is 172 Å². The van der Waals surface area contributed by atoms with Gasteiger partial charge in [-0.15, -0.1) is 11.3 Å². The van der Waals surface area contributed by atoms with Gasteiger partial charge >= 0.3 is 6.03 Å². The summed E-state index contributed by atoms with van der Waals surface area (Å²) in [6.45, 7) is 2.15. The standard InChI is InChI=1S/C21H21FN4O2S/c1-2-3-4-14-5-9-16(10-6-14)23-19(27)18-13-29-21(25-18)26-20(28)24-17-11-7-15(22)8-12-17/h5-13H,2-4H2,1H3,(H,23,27)(H2,24,25,26,28). The SMILES string of the molecule is CCCCc1ccc(NC(=O)c2csc(NC(=O)Nc3ccc(F)cc3)n2)cc1. The first-order chi connectivity index (χ1) is 14.0. The maximum atomic E-state index is 12.9. The molecule has 1 heterocycles. The molecule has 0 atom stereocenters. The highest BCUT2D eigenvalue weighted by Gasteiger charge is 2.13. The zero-order chi connectivity index (χ0) is 20.6. The highest BCUT2D eigenvalue weighted by atomic mass is 32.1. The highest BCUT2D eigenvalue weighted by molar-refractivity contribution is 7.14. The maximum absolute atomic E-state index is 12.9. The smallest absolute Gasteiger partial charge is 0.321 e. The average Bonchev–Trinajstić information content (AvgIpc) is 3.18. The quantitative estimate of drug-likeness (QED) is 0.478. The Balaban J connectivity index is 1.53. The number of amides is 3. The van der Waals surface area contributed by atoms with E-state index in [9.17, 15) is 14.0 Å². The van der Waals surface area contributed by atoms with Crippen LogP contribution in [0.4, 0.5) is 25.7 Å². The first-order valence-electron chi connectivity index (χ1n) is 9.23. The molecule has 8 heteroatoms. The summed E-state index contributed by atoms with van der Waals surface area (Å²) >= 11 is 1.14. The van der Waals surface area contributed by atoms with Crippen LogP contribution in [0.5, 0.6) is 0 Å². The van der Waals surface area contributed by atoms with Gasteiger partial charge in [-0.2, -0.15) is 0 Å². The van der Waals surface area contributed by atoms with Crippen LogP contribution in [0, 0.1) is 5.82 Å². The minimum atomic E-state index is -0.527. The zero-order valence-electron chi connectivity index (χ0n) is 15.9. The predicted molar refractivity (Wildman–Crippen MR) is 114 cm³/mol. The number of nitrogens with zero attached hydrogens (tertiary/aromatic N) is 1. The lowest BCUT2D eigenvalue weighted by molar-refractivity contribution is 0.102. The van der Waals surface area contributed by atoms with E-state index in [0.717, 1.165) is 30.6 Å². The Morgan fingerprint density at radius 1 is 0.966 bits per heavy atom. The van der Waals surface area contributed by atoms with Crippen molar-refractivity contribution in [1.29, 1.82) is 0 Å². The van der Waals surface area contributed by atoms with Crippen LogP contribution in [0.25, 0.3) is 0 Å². The minimum absolute atomic E-state index is 0.210. The van der Waals surface area contributed by atoms with E-state index in [0.29, 0.717) is 11.4 Å². The van der Waals surface area contributed by atoms with Crippen LogP contribution in [0.15, 0.2) is 53.9 Å². The number of anilines is 3. The van der Waals surface area contributed by atoms with Gasteiger partial charge in [0.25, 0.3) is 5.91 Å². The number of unbranched alkanes of at least 4 members (excludes halogenated alkanes) is 1. The average molecular weight is 412 g/mol. The summed E-state index contributed by atoms with van der Waals surface area (Å²) in [5.74, 6) is -0.739. The number of aryl methyl sites for hydroxylation is 1. The van der Waals surface area contributed by atoms with Gasteiger partial charge in [0.2, 0.25) is 0 Å². The summed E-state index contributed by atoms with van der Waals surface area (Å²) in [6, 6.07) is 12.6. The maximum Gasteiger partial charge on any atom is 0.325 e. The Morgan fingerprint density at radius 2 is 1.62 bits per heavy atom. The van der Waals surface area contributed by atoms with Gasteiger partial charge in [-0.05, 0) is 54.8 Å². The molecule has 3 aromatic rings. The van der Waals surface area contributed by atoms with Crippen molar-refractivity contribution < 1.29 is 14.0 Å². The van der Waals surface area contributed by atoms with Gasteiger partial charge in [0.15, 0.2) is 5.13 Å². The number of urea groups is 1. The normalized spacial score (nSPS) is 10.4.